The van der Waals surface area contributed by atoms with Crippen LogP contribution < -0.4 is 0 Å². The molecular weight excluding hydrogens is 687 g/mol. The van der Waals surface area contributed by atoms with Crippen LogP contribution >= 0.6 is 0 Å². The number of hydrogen-bond donors (Lipinski definition) is 3. The second-order valence-electron chi connectivity index (χ2n) is 10.8. The lowest BCUT2D eigenvalue weighted by atomic mass is 9.83. The number of carboxylic acid groups (broad SMARTS) is 3. The number of carbonyl (C=O) groups is 3. The summed E-state index contributed by atoms with van der Waals surface area (Å²) in [6.45, 7) is 7.36. The Bertz CT molecular complexity index is 1470. The molecule has 3 aromatic rings. The average Bonchev–Trinajstić information content (AvgIpc) is 3.67. The quantitative estimate of drug-likeness (QED) is 0.284. The van der Waals surface area contributed by atoms with Crippen molar-refractivity contribution in [3.05, 3.63) is 66.0 Å². The second kappa shape index (κ2) is 16.2. The van der Waals surface area contributed by atoms with Crippen LogP contribution in [0.2, 0.25) is 0 Å². The number of alkyl halides is 9. The van der Waals surface area contributed by atoms with Gasteiger partial charge in [-0.1, -0.05) is 29.8 Å². The summed E-state index contributed by atoms with van der Waals surface area (Å²) in [4.78, 5) is 36.7. The Labute approximate surface area is 272 Å². The molecule has 2 aromatic heterocycles. The third-order valence-electron chi connectivity index (χ3n) is 7.41. The zero-order chi connectivity index (χ0) is 37.4. The lowest BCUT2D eigenvalue weighted by Crippen LogP contribution is -2.56. The van der Waals surface area contributed by atoms with Gasteiger partial charge in [0.15, 0.2) is 0 Å². The molecule has 2 aliphatic heterocycles. The Morgan fingerprint density at radius 3 is 1.67 bits per heavy atom. The highest BCUT2D eigenvalue weighted by Crippen LogP contribution is 2.41. The minimum atomic E-state index is -5.08. The number of nitrogens with zero attached hydrogens (tertiary/aromatic N) is 4. The fraction of sp³-hybridized carbons (Fsp3) is 0.448. The number of carboxylic acids is 3. The molecule has 5 rings (SSSR count). The van der Waals surface area contributed by atoms with Crippen molar-refractivity contribution in [1.82, 2.24) is 19.4 Å². The van der Waals surface area contributed by atoms with Crippen molar-refractivity contribution in [2.75, 3.05) is 26.7 Å². The third-order valence-corrected chi connectivity index (χ3v) is 7.41. The second-order valence-corrected chi connectivity index (χ2v) is 10.8. The first kappa shape index (κ1) is 40.6. The first-order valence-electron chi connectivity index (χ1n) is 14.0. The number of likely N-dealkylation sites (tertiary alicyclic amines) is 1. The lowest BCUT2D eigenvalue weighted by molar-refractivity contribution is -0.193. The van der Waals surface area contributed by atoms with E-state index in [0.717, 1.165) is 45.6 Å². The van der Waals surface area contributed by atoms with E-state index >= 15 is 0 Å². The third kappa shape index (κ3) is 11.5. The molecule has 0 unspecified atom stereocenters. The molecule has 49 heavy (non-hydrogen) atoms. The molecular formula is C29H31F9N4O7. The maximum absolute atomic E-state index is 10.6. The summed E-state index contributed by atoms with van der Waals surface area (Å²) in [7, 11) is 2.27. The van der Waals surface area contributed by atoms with Crippen LogP contribution in [0, 0.1) is 6.92 Å². The van der Waals surface area contributed by atoms with Gasteiger partial charge in [0.2, 0.25) is 0 Å². The number of rotatable bonds is 3. The molecule has 1 spiro atoms. The molecule has 1 saturated heterocycles. The molecule has 0 saturated carbocycles. The number of likely N-dealkylation sites (N-methyl/N-ethyl adjacent to an activating group) is 1. The highest BCUT2D eigenvalue weighted by Gasteiger charge is 2.45. The van der Waals surface area contributed by atoms with E-state index in [1.807, 2.05) is 6.26 Å². The van der Waals surface area contributed by atoms with Crippen molar-refractivity contribution < 1.29 is 73.6 Å². The number of aliphatic carboxylic acids is 3. The molecule has 0 bridgehead atoms. The predicted octanol–water partition coefficient (Wildman–Crippen LogP) is 5.79. The molecule has 4 heterocycles. The molecule has 1 fully saturated rings. The summed E-state index contributed by atoms with van der Waals surface area (Å²) in [6.07, 6.45) is -7.31. The van der Waals surface area contributed by atoms with Gasteiger partial charge in [0, 0.05) is 38.3 Å². The van der Waals surface area contributed by atoms with Crippen molar-refractivity contribution >= 4 is 17.9 Å². The number of furan rings is 1. The van der Waals surface area contributed by atoms with Crippen LogP contribution in [0.5, 0.6) is 0 Å². The van der Waals surface area contributed by atoms with E-state index in [1.54, 1.807) is 6.26 Å². The number of fused-ring (bicyclic) bond motifs is 2. The van der Waals surface area contributed by atoms with Crippen molar-refractivity contribution in [3.8, 4) is 11.3 Å². The summed E-state index contributed by atoms with van der Waals surface area (Å²) in [5.41, 5.74) is 5.12. The summed E-state index contributed by atoms with van der Waals surface area (Å²) in [5.74, 6) is -7.02. The molecule has 272 valence electrons. The Morgan fingerprint density at radius 1 is 0.796 bits per heavy atom. The number of piperidine rings is 1. The number of imidazole rings is 1. The van der Waals surface area contributed by atoms with Gasteiger partial charge in [-0.2, -0.15) is 39.5 Å². The molecule has 3 N–H and O–H groups in total. The molecule has 0 amide bonds. The van der Waals surface area contributed by atoms with Gasteiger partial charge in [-0.25, -0.2) is 19.4 Å². The van der Waals surface area contributed by atoms with Crippen LogP contribution in [0.15, 0.2) is 53.5 Å². The van der Waals surface area contributed by atoms with Gasteiger partial charge < -0.3 is 24.3 Å². The van der Waals surface area contributed by atoms with Crippen LogP contribution in [0.4, 0.5) is 39.5 Å². The minimum absolute atomic E-state index is 0.0497. The number of aryl methyl sites for hydroxylation is 1. The van der Waals surface area contributed by atoms with Gasteiger partial charge in [-0.3, -0.25) is 9.80 Å². The van der Waals surface area contributed by atoms with Gasteiger partial charge in [-0.15, -0.1) is 0 Å². The van der Waals surface area contributed by atoms with Crippen LogP contribution in [0.1, 0.15) is 29.8 Å². The monoisotopic (exact) mass is 718 g/mol. The molecule has 20 heteroatoms. The normalized spacial score (nSPS) is 16.1. The maximum Gasteiger partial charge on any atom is 0.490 e. The minimum Gasteiger partial charge on any atom is -0.475 e. The SMILES string of the molecule is Cc1ccc(-c2cnc3n2CCN(C)C32CCN(Cc3ccoc3)CC2)cc1.O=C(O)C(F)(F)F.O=C(O)C(F)(F)F.O=C(O)C(F)(F)F. The standard InChI is InChI=1S/C23H28N4O.3C2HF3O2/c1-18-3-5-20(6-4-18)21-15-24-22-23(25(2)12-13-27(21)22)8-10-26(11-9-23)16-19-7-14-28-17-19;3*3-2(4,5)1(6)7/h3-7,14-15,17H,8-13,16H2,1-2H3;3*(H,6,7). The van der Waals surface area contributed by atoms with E-state index < -0.39 is 36.4 Å². The number of hydrogen-bond acceptors (Lipinski definition) is 7. The molecule has 0 radical (unpaired) electrons. The van der Waals surface area contributed by atoms with Crippen molar-refractivity contribution in [1.29, 1.82) is 0 Å². The van der Waals surface area contributed by atoms with E-state index in [-0.39, 0.29) is 5.54 Å². The Kier molecular flexibility index (Phi) is 13.4. The first-order chi connectivity index (χ1) is 22.5. The van der Waals surface area contributed by atoms with Crippen molar-refractivity contribution in [3.63, 3.8) is 0 Å². The highest BCUT2D eigenvalue weighted by atomic mass is 19.4. The molecule has 2 aliphatic rings. The highest BCUT2D eigenvalue weighted by molar-refractivity contribution is 5.73. The molecule has 0 atom stereocenters. The van der Waals surface area contributed by atoms with Crippen LogP contribution in [-0.4, -0.2) is 97.8 Å². The van der Waals surface area contributed by atoms with Crippen molar-refractivity contribution in [2.24, 2.45) is 0 Å². The van der Waals surface area contributed by atoms with Crippen LogP contribution in [0.25, 0.3) is 11.3 Å². The summed E-state index contributed by atoms with van der Waals surface area (Å²) < 4.78 is 103. The zero-order valence-corrected chi connectivity index (χ0v) is 25.7. The Balaban J connectivity index is 0.000000325. The van der Waals surface area contributed by atoms with Crippen LogP contribution in [-0.2, 0) is 33.0 Å². The summed E-state index contributed by atoms with van der Waals surface area (Å²) in [6, 6.07) is 10.9. The molecule has 1 aromatic carbocycles. The van der Waals surface area contributed by atoms with Gasteiger partial charge in [-0.05, 0) is 38.4 Å². The van der Waals surface area contributed by atoms with E-state index in [4.69, 9.17) is 39.1 Å². The molecule has 0 aliphatic carbocycles. The fourth-order valence-corrected chi connectivity index (χ4v) is 4.89. The van der Waals surface area contributed by atoms with Gasteiger partial charge in [0.05, 0.1) is 30.0 Å². The van der Waals surface area contributed by atoms with Gasteiger partial charge in [0.1, 0.15) is 5.82 Å². The predicted molar refractivity (Wildman–Crippen MR) is 151 cm³/mol. The smallest absolute Gasteiger partial charge is 0.475 e. The first-order valence-corrected chi connectivity index (χ1v) is 14.0. The van der Waals surface area contributed by atoms with E-state index in [9.17, 15) is 39.5 Å². The van der Waals surface area contributed by atoms with Crippen molar-refractivity contribution in [2.45, 2.75) is 56.9 Å². The largest absolute Gasteiger partial charge is 0.490 e. The number of aromatic nitrogens is 2. The summed E-state index contributed by atoms with van der Waals surface area (Å²) in [5, 5.41) is 21.4. The zero-order valence-electron chi connectivity index (χ0n) is 25.7. The Hall–Kier alpha value is -4.59. The maximum atomic E-state index is 10.6. The van der Waals surface area contributed by atoms with Crippen LogP contribution in [0.3, 0.4) is 0 Å². The van der Waals surface area contributed by atoms with Gasteiger partial charge >= 0.3 is 36.4 Å². The van der Waals surface area contributed by atoms with E-state index in [1.165, 1.54) is 28.2 Å². The summed E-state index contributed by atoms with van der Waals surface area (Å²) >= 11 is 0. The lowest BCUT2D eigenvalue weighted by Gasteiger charge is -2.49. The number of halogens is 9. The molecule has 11 nitrogen and oxygen atoms in total. The van der Waals surface area contributed by atoms with E-state index in [2.05, 4.69) is 64.9 Å². The van der Waals surface area contributed by atoms with Gasteiger partial charge in [0.25, 0.3) is 0 Å². The number of benzene rings is 1. The van der Waals surface area contributed by atoms with E-state index in [0.29, 0.717) is 0 Å². The fourth-order valence-electron chi connectivity index (χ4n) is 4.89. The Morgan fingerprint density at radius 2 is 1.27 bits per heavy atom. The average molecular weight is 719 g/mol. The topological polar surface area (TPSA) is 149 Å².